The van der Waals surface area contributed by atoms with E-state index in [1.165, 1.54) is 24.0 Å². The number of benzene rings is 2. The number of sulfonamides is 1. The molecule has 5 nitrogen and oxygen atoms in total. The van der Waals surface area contributed by atoms with E-state index in [9.17, 15) is 13.2 Å². The van der Waals surface area contributed by atoms with Gasteiger partial charge in [-0.25, -0.2) is 12.7 Å². The first-order valence-electron chi connectivity index (χ1n) is 11.4. The molecule has 0 aromatic heterocycles. The fraction of sp³-hybridized carbons (Fsp3) is 0.480. The lowest BCUT2D eigenvalue weighted by atomic mass is 9.89. The second kappa shape index (κ2) is 9.53. The second-order valence-electron chi connectivity index (χ2n) is 8.84. The lowest BCUT2D eigenvalue weighted by Crippen LogP contribution is -2.36. The van der Waals surface area contributed by atoms with E-state index in [1.54, 1.807) is 28.6 Å². The van der Waals surface area contributed by atoms with Gasteiger partial charge in [0.25, 0.3) is 5.91 Å². The van der Waals surface area contributed by atoms with E-state index >= 15 is 0 Å². The number of nitrogens with one attached hydrogen (secondary N) is 1. The van der Waals surface area contributed by atoms with Gasteiger partial charge in [-0.15, -0.1) is 0 Å². The van der Waals surface area contributed by atoms with Crippen molar-refractivity contribution >= 4 is 15.9 Å². The first-order valence-corrected chi connectivity index (χ1v) is 13.0. The van der Waals surface area contributed by atoms with Gasteiger partial charge in [0.1, 0.15) is 0 Å². The molecule has 166 valence electrons. The zero-order valence-corrected chi connectivity index (χ0v) is 19.1. The summed E-state index contributed by atoms with van der Waals surface area (Å²) in [5.41, 5.74) is 5.22. The Morgan fingerprint density at radius 2 is 1.61 bits per heavy atom. The zero-order chi connectivity index (χ0) is 21.8. The van der Waals surface area contributed by atoms with E-state index in [4.69, 9.17) is 0 Å². The van der Waals surface area contributed by atoms with Crippen molar-refractivity contribution in [2.24, 2.45) is 0 Å². The second-order valence-corrected chi connectivity index (χ2v) is 10.8. The summed E-state index contributed by atoms with van der Waals surface area (Å²) in [6.45, 7) is 3.23. The minimum atomic E-state index is -3.30. The Labute approximate surface area is 185 Å². The molecule has 0 spiro atoms. The van der Waals surface area contributed by atoms with E-state index < -0.39 is 10.0 Å². The topological polar surface area (TPSA) is 66.5 Å². The number of fused-ring (bicyclic) bond motifs is 1. The van der Waals surface area contributed by atoms with Crippen molar-refractivity contribution in [3.63, 3.8) is 0 Å². The van der Waals surface area contributed by atoms with Gasteiger partial charge in [-0.2, -0.15) is 0 Å². The Morgan fingerprint density at radius 1 is 0.935 bits per heavy atom. The number of carbonyl (C=O) groups is 1. The Balaban J connectivity index is 1.38. The van der Waals surface area contributed by atoms with E-state index in [1.807, 2.05) is 6.92 Å². The standard InChI is InChI=1S/C25H32N2O3S/c1-19(23-14-13-21-7-3-4-8-24(21)17-23)26-25(28)22-11-9-20(10-12-22)18-31(29,30)27-15-5-2-6-16-27/h9-14,17,19H,2-8,15-16,18H2,1H3,(H,26,28)/t19-/m1/s1. The SMILES string of the molecule is C[C@@H](NC(=O)c1ccc(CS(=O)(=O)N2CCCCC2)cc1)c1ccc2c(c1)CCCC2. The average Bonchev–Trinajstić information content (AvgIpc) is 2.79. The molecule has 1 amide bonds. The van der Waals surface area contributed by atoms with Gasteiger partial charge in [0.05, 0.1) is 11.8 Å². The van der Waals surface area contributed by atoms with Gasteiger partial charge >= 0.3 is 0 Å². The molecule has 2 aliphatic rings. The monoisotopic (exact) mass is 440 g/mol. The van der Waals surface area contributed by atoms with Crippen LogP contribution in [0.4, 0.5) is 0 Å². The van der Waals surface area contributed by atoms with E-state index in [-0.39, 0.29) is 17.7 Å². The Kier molecular flexibility index (Phi) is 6.77. The van der Waals surface area contributed by atoms with Gasteiger partial charge in [-0.1, -0.05) is 36.8 Å². The van der Waals surface area contributed by atoms with Crippen molar-refractivity contribution in [3.05, 3.63) is 70.3 Å². The molecule has 1 heterocycles. The molecule has 0 bridgehead atoms. The van der Waals surface area contributed by atoms with E-state index in [2.05, 4.69) is 23.5 Å². The van der Waals surface area contributed by atoms with Crippen LogP contribution in [0.25, 0.3) is 0 Å². The number of rotatable bonds is 6. The van der Waals surface area contributed by atoms with Gasteiger partial charge in [0, 0.05) is 18.7 Å². The van der Waals surface area contributed by atoms with Crippen molar-refractivity contribution < 1.29 is 13.2 Å². The first-order chi connectivity index (χ1) is 14.9. The molecule has 0 unspecified atom stereocenters. The largest absolute Gasteiger partial charge is 0.346 e. The van der Waals surface area contributed by atoms with Gasteiger partial charge in [0.2, 0.25) is 10.0 Å². The normalized spacial score (nSPS) is 18.2. The number of aryl methyl sites for hydroxylation is 2. The number of piperidine rings is 1. The minimum absolute atomic E-state index is 0.0135. The molecule has 1 saturated heterocycles. The number of amides is 1. The van der Waals surface area contributed by atoms with Gasteiger partial charge in [-0.05, 0) is 79.8 Å². The summed E-state index contributed by atoms with van der Waals surface area (Å²) in [4.78, 5) is 12.7. The molecule has 4 rings (SSSR count). The Bertz CT molecular complexity index is 1030. The quantitative estimate of drug-likeness (QED) is 0.725. The number of nitrogens with zero attached hydrogens (tertiary/aromatic N) is 1. The summed E-state index contributed by atoms with van der Waals surface area (Å²) < 4.78 is 26.8. The van der Waals surface area contributed by atoms with E-state index in [0.717, 1.165) is 37.7 Å². The van der Waals surface area contributed by atoms with Crippen LogP contribution in [0.1, 0.15) is 77.7 Å². The predicted molar refractivity (Wildman–Crippen MR) is 123 cm³/mol. The van der Waals surface area contributed by atoms with Crippen LogP contribution in [0.3, 0.4) is 0 Å². The van der Waals surface area contributed by atoms with Crippen LogP contribution in [-0.4, -0.2) is 31.7 Å². The molecule has 2 aromatic carbocycles. The average molecular weight is 441 g/mol. The lowest BCUT2D eigenvalue weighted by Gasteiger charge is -2.25. The fourth-order valence-corrected chi connectivity index (χ4v) is 6.19. The summed E-state index contributed by atoms with van der Waals surface area (Å²) in [7, 11) is -3.30. The third-order valence-electron chi connectivity index (χ3n) is 6.49. The van der Waals surface area contributed by atoms with Crippen LogP contribution in [0, 0.1) is 0 Å². The van der Waals surface area contributed by atoms with Crippen LogP contribution in [0.15, 0.2) is 42.5 Å². The molecule has 0 radical (unpaired) electrons. The van der Waals surface area contributed by atoms with Crippen molar-refractivity contribution in [2.75, 3.05) is 13.1 Å². The third-order valence-corrected chi connectivity index (χ3v) is 8.34. The van der Waals surface area contributed by atoms with Crippen LogP contribution < -0.4 is 5.32 Å². The summed E-state index contributed by atoms with van der Waals surface area (Å²) in [6.07, 6.45) is 7.72. The highest BCUT2D eigenvalue weighted by molar-refractivity contribution is 7.88. The molecule has 1 aliphatic heterocycles. The molecule has 1 atom stereocenters. The van der Waals surface area contributed by atoms with Crippen LogP contribution in [0.2, 0.25) is 0 Å². The summed E-state index contributed by atoms with van der Waals surface area (Å²) in [5.74, 6) is -0.156. The number of hydrogen-bond acceptors (Lipinski definition) is 3. The van der Waals surface area contributed by atoms with Crippen LogP contribution in [0.5, 0.6) is 0 Å². The van der Waals surface area contributed by atoms with Crippen LogP contribution >= 0.6 is 0 Å². The molecule has 6 heteroatoms. The summed E-state index contributed by atoms with van der Waals surface area (Å²) >= 11 is 0. The highest BCUT2D eigenvalue weighted by Gasteiger charge is 2.24. The number of carbonyl (C=O) groups excluding carboxylic acids is 1. The van der Waals surface area contributed by atoms with Gasteiger partial charge < -0.3 is 5.32 Å². The minimum Gasteiger partial charge on any atom is -0.346 e. The zero-order valence-electron chi connectivity index (χ0n) is 18.3. The summed E-state index contributed by atoms with van der Waals surface area (Å²) in [5, 5.41) is 3.07. The smallest absolute Gasteiger partial charge is 0.251 e. The molecular weight excluding hydrogens is 408 g/mol. The summed E-state index contributed by atoms with van der Waals surface area (Å²) in [6, 6.07) is 13.4. The van der Waals surface area contributed by atoms with Gasteiger partial charge in [-0.3, -0.25) is 4.79 Å². The van der Waals surface area contributed by atoms with Crippen LogP contribution in [-0.2, 0) is 28.6 Å². The molecule has 1 fully saturated rings. The molecular formula is C25H32N2O3S. The molecule has 0 saturated carbocycles. The van der Waals surface area contributed by atoms with Crippen molar-refractivity contribution in [3.8, 4) is 0 Å². The van der Waals surface area contributed by atoms with Gasteiger partial charge in [0.15, 0.2) is 0 Å². The van der Waals surface area contributed by atoms with Crippen molar-refractivity contribution in [1.82, 2.24) is 9.62 Å². The maximum Gasteiger partial charge on any atom is 0.251 e. The van der Waals surface area contributed by atoms with E-state index in [0.29, 0.717) is 24.2 Å². The first kappa shape index (κ1) is 22.0. The lowest BCUT2D eigenvalue weighted by molar-refractivity contribution is 0.0940. The molecule has 1 N–H and O–H groups in total. The predicted octanol–water partition coefficient (Wildman–Crippen LogP) is 4.37. The highest BCUT2D eigenvalue weighted by atomic mass is 32.2. The Morgan fingerprint density at radius 3 is 2.32 bits per heavy atom. The Hall–Kier alpha value is -2.18. The highest BCUT2D eigenvalue weighted by Crippen LogP contribution is 2.25. The molecule has 2 aromatic rings. The van der Waals surface area contributed by atoms with Crippen molar-refractivity contribution in [1.29, 1.82) is 0 Å². The maximum absolute atomic E-state index is 12.7. The molecule has 31 heavy (non-hydrogen) atoms. The fourth-order valence-electron chi connectivity index (χ4n) is 4.58. The molecule has 1 aliphatic carbocycles. The maximum atomic E-state index is 12.7. The van der Waals surface area contributed by atoms with Crippen molar-refractivity contribution in [2.45, 2.75) is 63.7 Å². The third kappa shape index (κ3) is 5.36. The number of hydrogen-bond donors (Lipinski definition) is 1.